The summed E-state index contributed by atoms with van der Waals surface area (Å²) in [6.45, 7) is 3.80. The summed E-state index contributed by atoms with van der Waals surface area (Å²) >= 11 is 0. The summed E-state index contributed by atoms with van der Waals surface area (Å²) in [5, 5.41) is 25.6. The predicted molar refractivity (Wildman–Crippen MR) is 92.9 cm³/mol. The summed E-state index contributed by atoms with van der Waals surface area (Å²) in [7, 11) is 0. The number of ether oxygens (including phenoxy) is 1. The lowest BCUT2D eigenvalue weighted by Gasteiger charge is -2.26. The Bertz CT molecular complexity index is 762. The quantitative estimate of drug-likeness (QED) is 0.422. The fourth-order valence-corrected chi connectivity index (χ4v) is 2.02. The highest BCUT2D eigenvalue weighted by atomic mass is 16.6. The molecule has 0 aliphatic rings. The Morgan fingerprint density at radius 1 is 1.24 bits per heavy atom. The van der Waals surface area contributed by atoms with Crippen molar-refractivity contribution in [2.75, 3.05) is 11.9 Å². The topological polar surface area (TPSA) is 114 Å². The summed E-state index contributed by atoms with van der Waals surface area (Å²) < 4.78 is 5.62. The minimum Gasteiger partial charge on any atom is -0.506 e. The van der Waals surface area contributed by atoms with E-state index in [9.17, 15) is 20.0 Å². The number of nitro groups is 1. The van der Waals surface area contributed by atoms with Crippen molar-refractivity contribution < 1.29 is 19.6 Å². The van der Waals surface area contributed by atoms with E-state index in [2.05, 4.69) is 10.6 Å². The number of phenolic OH excluding ortho intramolecular Hbond substituents is 1. The molecule has 0 radical (unpaired) electrons. The second-order valence-electron chi connectivity index (χ2n) is 6.02. The van der Waals surface area contributed by atoms with E-state index in [1.807, 2.05) is 30.3 Å². The third kappa shape index (κ3) is 5.38. The van der Waals surface area contributed by atoms with Gasteiger partial charge >= 0.3 is 6.03 Å². The average molecular weight is 345 g/mol. The van der Waals surface area contributed by atoms with Crippen molar-refractivity contribution >= 4 is 17.4 Å². The molecule has 0 saturated carbocycles. The summed E-state index contributed by atoms with van der Waals surface area (Å²) in [4.78, 5) is 22.1. The van der Waals surface area contributed by atoms with E-state index in [0.29, 0.717) is 5.75 Å². The van der Waals surface area contributed by atoms with Gasteiger partial charge in [0, 0.05) is 6.07 Å². The number of phenols is 1. The lowest BCUT2D eigenvalue weighted by molar-refractivity contribution is -0.384. The fraction of sp³-hybridized carbons (Fsp3) is 0.235. The minimum absolute atomic E-state index is 0.0721. The number of non-ortho nitro benzene ring substituents is 1. The largest absolute Gasteiger partial charge is 0.506 e. The van der Waals surface area contributed by atoms with Crippen LogP contribution in [0.2, 0.25) is 0 Å². The number of nitrogens with one attached hydrogen (secondary N) is 2. The van der Waals surface area contributed by atoms with E-state index >= 15 is 0 Å². The number of hydrogen-bond donors (Lipinski definition) is 3. The molecular formula is C17H19N3O5. The zero-order chi connectivity index (χ0) is 18.4. The number of para-hydroxylation sites is 1. The second-order valence-corrected chi connectivity index (χ2v) is 6.02. The van der Waals surface area contributed by atoms with Crippen LogP contribution in [0.15, 0.2) is 48.5 Å². The Labute approximate surface area is 144 Å². The molecule has 2 rings (SSSR count). The molecule has 0 fully saturated rings. The highest BCUT2D eigenvalue weighted by Gasteiger charge is 2.22. The maximum atomic E-state index is 12.1. The van der Waals surface area contributed by atoms with Crippen LogP contribution >= 0.6 is 0 Å². The summed E-state index contributed by atoms with van der Waals surface area (Å²) in [5.74, 6) is 0.300. The number of hydrogen-bond acceptors (Lipinski definition) is 5. The fourth-order valence-electron chi connectivity index (χ4n) is 2.02. The lowest BCUT2D eigenvalue weighted by atomic mass is 10.1. The van der Waals surface area contributed by atoms with Crippen LogP contribution < -0.4 is 15.4 Å². The maximum absolute atomic E-state index is 12.1. The SMILES string of the molecule is CC(C)(COc1ccccc1)NC(=O)Nc1ccc([N+](=O)[O-])cc1O. The van der Waals surface area contributed by atoms with E-state index in [4.69, 9.17) is 4.74 Å². The molecule has 8 nitrogen and oxygen atoms in total. The molecule has 8 heteroatoms. The number of carbonyl (C=O) groups is 1. The average Bonchev–Trinajstić information content (AvgIpc) is 2.55. The van der Waals surface area contributed by atoms with Crippen molar-refractivity contribution in [2.24, 2.45) is 0 Å². The Hall–Kier alpha value is -3.29. The maximum Gasteiger partial charge on any atom is 0.319 e. The Morgan fingerprint density at radius 2 is 1.92 bits per heavy atom. The summed E-state index contributed by atoms with van der Waals surface area (Å²) in [5.41, 5.74) is -0.876. The molecule has 3 N–H and O–H groups in total. The smallest absolute Gasteiger partial charge is 0.319 e. The summed E-state index contributed by atoms with van der Waals surface area (Å²) in [6, 6.07) is 12.1. The van der Waals surface area contributed by atoms with Crippen LogP contribution in [0.25, 0.3) is 0 Å². The van der Waals surface area contributed by atoms with Crippen LogP contribution in [0, 0.1) is 10.1 Å². The van der Waals surface area contributed by atoms with E-state index in [-0.39, 0.29) is 23.7 Å². The van der Waals surface area contributed by atoms with E-state index in [1.54, 1.807) is 13.8 Å². The normalized spacial score (nSPS) is 10.8. The van der Waals surface area contributed by atoms with E-state index in [0.717, 1.165) is 6.07 Å². The number of anilines is 1. The first-order valence-corrected chi connectivity index (χ1v) is 7.51. The molecule has 0 atom stereocenters. The molecule has 2 amide bonds. The molecule has 0 aliphatic carbocycles. The Kier molecular flexibility index (Phi) is 5.43. The Balaban J connectivity index is 1.93. The van der Waals surface area contributed by atoms with Crippen LogP contribution in [0.3, 0.4) is 0 Å². The first-order valence-electron chi connectivity index (χ1n) is 7.51. The zero-order valence-corrected chi connectivity index (χ0v) is 13.9. The highest BCUT2D eigenvalue weighted by molar-refractivity contribution is 5.91. The molecule has 132 valence electrons. The van der Waals surface area contributed by atoms with Crippen molar-refractivity contribution in [3.8, 4) is 11.5 Å². The van der Waals surface area contributed by atoms with Crippen LogP contribution in [-0.4, -0.2) is 28.2 Å². The van der Waals surface area contributed by atoms with Gasteiger partial charge in [0.2, 0.25) is 0 Å². The first kappa shape index (κ1) is 18.1. The summed E-state index contributed by atoms with van der Waals surface area (Å²) in [6.07, 6.45) is 0. The molecular weight excluding hydrogens is 326 g/mol. The third-order valence-corrected chi connectivity index (χ3v) is 3.24. The second kappa shape index (κ2) is 7.52. The molecule has 0 heterocycles. The van der Waals surface area contributed by atoms with E-state index < -0.39 is 16.5 Å². The van der Waals surface area contributed by atoms with Crippen molar-refractivity contribution in [1.82, 2.24) is 5.32 Å². The van der Waals surface area contributed by atoms with Crippen LogP contribution in [0.1, 0.15) is 13.8 Å². The molecule has 0 aliphatic heterocycles. The van der Waals surface area contributed by atoms with Crippen molar-refractivity contribution in [2.45, 2.75) is 19.4 Å². The lowest BCUT2D eigenvalue weighted by Crippen LogP contribution is -2.49. The number of carbonyl (C=O) groups excluding carboxylic acids is 1. The Morgan fingerprint density at radius 3 is 2.52 bits per heavy atom. The molecule has 2 aromatic rings. The third-order valence-electron chi connectivity index (χ3n) is 3.24. The predicted octanol–water partition coefficient (Wildman–Crippen LogP) is 3.28. The molecule has 25 heavy (non-hydrogen) atoms. The van der Waals surface area contributed by atoms with Gasteiger partial charge in [-0.15, -0.1) is 0 Å². The number of nitro benzene ring substituents is 1. The van der Waals surface area contributed by atoms with Gasteiger partial charge in [0.1, 0.15) is 18.1 Å². The highest BCUT2D eigenvalue weighted by Crippen LogP contribution is 2.27. The molecule has 2 aromatic carbocycles. The molecule has 0 saturated heterocycles. The standard InChI is InChI=1S/C17H19N3O5/c1-17(2,11-25-13-6-4-3-5-7-13)19-16(22)18-14-9-8-12(20(23)24)10-15(14)21/h3-10,21H,11H2,1-2H3,(H2,18,19,22). The van der Waals surface area contributed by atoms with Crippen molar-refractivity contribution in [1.29, 1.82) is 0 Å². The zero-order valence-electron chi connectivity index (χ0n) is 13.9. The first-order chi connectivity index (χ1) is 11.8. The van der Waals surface area contributed by atoms with Crippen molar-refractivity contribution in [3.05, 3.63) is 58.6 Å². The van der Waals surface area contributed by atoms with Gasteiger partial charge in [-0.05, 0) is 32.0 Å². The van der Waals surface area contributed by atoms with Crippen molar-refractivity contribution in [3.63, 3.8) is 0 Å². The van der Waals surface area contributed by atoms with Gasteiger partial charge in [-0.25, -0.2) is 4.79 Å². The van der Waals surface area contributed by atoms with Gasteiger partial charge in [0.15, 0.2) is 0 Å². The van der Waals surface area contributed by atoms with Gasteiger partial charge < -0.3 is 20.5 Å². The van der Waals surface area contributed by atoms with Gasteiger partial charge in [0.25, 0.3) is 5.69 Å². The van der Waals surface area contributed by atoms with Gasteiger partial charge in [-0.3, -0.25) is 10.1 Å². The molecule has 0 unspecified atom stereocenters. The number of rotatable bonds is 6. The van der Waals surface area contributed by atoms with Gasteiger partial charge in [-0.2, -0.15) is 0 Å². The monoisotopic (exact) mass is 345 g/mol. The van der Waals surface area contributed by atoms with Gasteiger partial charge in [0.05, 0.1) is 22.2 Å². The van der Waals surface area contributed by atoms with Crippen LogP contribution in [-0.2, 0) is 0 Å². The molecule has 0 aromatic heterocycles. The van der Waals surface area contributed by atoms with Gasteiger partial charge in [-0.1, -0.05) is 18.2 Å². The molecule has 0 spiro atoms. The van der Waals surface area contributed by atoms with Crippen LogP contribution in [0.4, 0.5) is 16.2 Å². The van der Waals surface area contributed by atoms with E-state index in [1.165, 1.54) is 12.1 Å². The number of amides is 2. The molecule has 0 bridgehead atoms. The number of aromatic hydroxyl groups is 1. The number of nitrogens with zero attached hydrogens (tertiary/aromatic N) is 1. The minimum atomic E-state index is -0.684. The number of urea groups is 1. The number of benzene rings is 2. The van der Waals surface area contributed by atoms with Crippen LogP contribution in [0.5, 0.6) is 11.5 Å².